The number of rotatable bonds is 5. The molecule has 1 N–H and O–H groups in total. The van der Waals surface area contributed by atoms with Crippen LogP contribution in [0.2, 0.25) is 0 Å². The fraction of sp³-hybridized carbons (Fsp3) is 0.222. The van der Waals surface area contributed by atoms with Crippen molar-refractivity contribution in [2.45, 2.75) is 25.4 Å². The van der Waals surface area contributed by atoms with Gasteiger partial charge in [-0.2, -0.15) is 0 Å². The lowest BCUT2D eigenvalue weighted by Gasteiger charge is -2.13. The van der Waals surface area contributed by atoms with Crippen LogP contribution in [0.3, 0.4) is 0 Å². The van der Waals surface area contributed by atoms with Crippen molar-refractivity contribution >= 4 is 0 Å². The Labute approximate surface area is 129 Å². The molecule has 1 aliphatic rings. The van der Waals surface area contributed by atoms with Gasteiger partial charge in [0.1, 0.15) is 12.4 Å². The molecule has 0 unspecified atom stereocenters. The van der Waals surface area contributed by atoms with Gasteiger partial charge in [0.2, 0.25) is 0 Å². The van der Waals surface area contributed by atoms with Gasteiger partial charge in [-0.3, -0.25) is 4.98 Å². The Kier molecular flexibility index (Phi) is 3.35. The maximum atomic E-state index is 5.98. The summed E-state index contributed by atoms with van der Waals surface area (Å²) in [6.07, 6.45) is 9.88. The molecule has 4 nitrogen and oxygen atoms in total. The normalized spacial score (nSPS) is 14.0. The minimum Gasteiger partial charge on any atom is -0.487 e. The van der Waals surface area contributed by atoms with Gasteiger partial charge in [0.05, 0.1) is 12.0 Å². The van der Waals surface area contributed by atoms with E-state index in [-0.39, 0.29) is 0 Å². The molecule has 0 aliphatic heterocycles. The van der Waals surface area contributed by atoms with Crippen LogP contribution in [-0.2, 0) is 6.61 Å². The van der Waals surface area contributed by atoms with E-state index < -0.39 is 0 Å². The SMILES string of the molecule is c1ccc(-c2cnccc2C2CC2)c(OCc2c[nH]cn2)c1. The molecule has 0 amide bonds. The number of H-pyrrole nitrogens is 1. The molecule has 3 aromatic rings. The molecule has 2 aromatic heterocycles. The zero-order chi connectivity index (χ0) is 14.8. The van der Waals surface area contributed by atoms with Gasteiger partial charge in [-0.05, 0) is 36.5 Å². The maximum absolute atomic E-state index is 5.98. The molecule has 1 fully saturated rings. The van der Waals surface area contributed by atoms with Crippen molar-refractivity contribution in [1.82, 2.24) is 15.0 Å². The number of para-hydroxylation sites is 1. The van der Waals surface area contributed by atoms with Crippen molar-refractivity contribution in [2.24, 2.45) is 0 Å². The van der Waals surface area contributed by atoms with Crippen LogP contribution in [0.15, 0.2) is 55.2 Å². The predicted octanol–water partition coefficient (Wildman–Crippen LogP) is 3.93. The van der Waals surface area contributed by atoms with E-state index in [1.165, 1.54) is 24.0 Å². The molecule has 0 bridgehead atoms. The van der Waals surface area contributed by atoms with Crippen LogP contribution >= 0.6 is 0 Å². The summed E-state index contributed by atoms with van der Waals surface area (Å²) in [4.78, 5) is 11.5. The molecule has 0 saturated heterocycles. The van der Waals surface area contributed by atoms with Crippen molar-refractivity contribution < 1.29 is 4.74 Å². The number of hydrogen-bond acceptors (Lipinski definition) is 3. The highest BCUT2D eigenvalue weighted by atomic mass is 16.5. The Morgan fingerprint density at radius 3 is 2.86 bits per heavy atom. The molecule has 0 radical (unpaired) electrons. The second-order valence-electron chi connectivity index (χ2n) is 5.58. The lowest BCUT2D eigenvalue weighted by Crippen LogP contribution is -1.98. The number of hydrogen-bond donors (Lipinski definition) is 1. The monoisotopic (exact) mass is 291 g/mol. The summed E-state index contributed by atoms with van der Waals surface area (Å²) in [5.41, 5.74) is 4.56. The van der Waals surface area contributed by atoms with Crippen molar-refractivity contribution in [3.05, 3.63) is 66.5 Å². The first kappa shape index (κ1) is 13.1. The number of nitrogens with one attached hydrogen (secondary N) is 1. The van der Waals surface area contributed by atoms with Crippen LogP contribution in [0.25, 0.3) is 11.1 Å². The van der Waals surface area contributed by atoms with Crippen molar-refractivity contribution in [3.8, 4) is 16.9 Å². The second kappa shape index (κ2) is 5.64. The molecule has 1 aliphatic carbocycles. The van der Waals surface area contributed by atoms with Gasteiger partial charge in [-0.1, -0.05) is 18.2 Å². The predicted molar refractivity (Wildman–Crippen MR) is 84.6 cm³/mol. The first-order valence-corrected chi connectivity index (χ1v) is 7.55. The number of aromatic amines is 1. The highest BCUT2D eigenvalue weighted by Gasteiger charge is 2.27. The average Bonchev–Trinajstić information content (AvgIpc) is 3.29. The minimum atomic E-state index is 0.458. The number of benzene rings is 1. The number of imidazole rings is 1. The standard InChI is InChI=1S/C18H17N3O/c1-2-4-18(22-11-14-9-20-12-21-14)16(3-1)17-10-19-8-7-15(17)13-5-6-13/h1-4,7-10,12-13H,5-6,11H2,(H,20,21). The Morgan fingerprint density at radius 1 is 1.14 bits per heavy atom. The Balaban J connectivity index is 1.67. The smallest absolute Gasteiger partial charge is 0.132 e. The summed E-state index contributed by atoms with van der Waals surface area (Å²) >= 11 is 0. The molecular weight excluding hydrogens is 274 g/mol. The van der Waals surface area contributed by atoms with Crippen LogP contribution in [0.1, 0.15) is 30.0 Å². The third-order valence-electron chi connectivity index (χ3n) is 3.98. The first-order chi connectivity index (χ1) is 10.9. The molecule has 4 rings (SSSR count). The molecule has 110 valence electrons. The number of ether oxygens (including phenoxy) is 1. The van der Waals surface area contributed by atoms with E-state index in [4.69, 9.17) is 4.74 Å². The van der Waals surface area contributed by atoms with Crippen LogP contribution in [0.4, 0.5) is 0 Å². The summed E-state index contributed by atoms with van der Waals surface area (Å²) in [5, 5.41) is 0. The molecule has 0 atom stereocenters. The van der Waals surface area contributed by atoms with E-state index in [1.54, 1.807) is 6.33 Å². The number of aromatic nitrogens is 3. The van der Waals surface area contributed by atoms with Gasteiger partial charge < -0.3 is 9.72 Å². The Hall–Kier alpha value is -2.62. The molecule has 22 heavy (non-hydrogen) atoms. The van der Waals surface area contributed by atoms with Gasteiger partial charge in [-0.15, -0.1) is 0 Å². The highest BCUT2D eigenvalue weighted by Crippen LogP contribution is 2.45. The van der Waals surface area contributed by atoms with Gasteiger partial charge in [0, 0.05) is 29.7 Å². The van der Waals surface area contributed by atoms with Crippen LogP contribution < -0.4 is 4.74 Å². The second-order valence-corrected chi connectivity index (χ2v) is 5.58. The summed E-state index contributed by atoms with van der Waals surface area (Å²) in [6.45, 7) is 0.458. The summed E-state index contributed by atoms with van der Waals surface area (Å²) in [6, 6.07) is 10.3. The molecule has 4 heteroatoms. The van der Waals surface area contributed by atoms with Gasteiger partial charge in [0.25, 0.3) is 0 Å². The Bertz CT molecular complexity index is 764. The zero-order valence-electron chi connectivity index (χ0n) is 12.2. The molecule has 1 aromatic carbocycles. The Morgan fingerprint density at radius 2 is 2.05 bits per heavy atom. The molecule has 1 saturated carbocycles. The van der Waals surface area contributed by atoms with Crippen LogP contribution in [0.5, 0.6) is 5.75 Å². The van der Waals surface area contributed by atoms with Gasteiger partial charge in [-0.25, -0.2) is 4.98 Å². The van der Waals surface area contributed by atoms with Crippen LogP contribution in [-0.4, -0.2) is 15.0 Å². The summed E-state index contributed by atoms with van der Waals surface area (Å²) < 4.78 is 5.98. The minimum absolute atomic E-state index is 0.458. The average molecular weight is 291 g/mol. The molecule has 2 heterocycles. The van der Waals surface area contributed by atoms with E-state index in [9.17, 15) is 0 Å². The third kappa shape index (κ3) is 2.60. The fourth-order valence-electron chi connectivity index (χ4n) is 2.72. The zero-order valence-corrected chi connectivity index (χ0v) is 12.2. The lowest BCUT2D eigenvalue weighted by molar-refractivity contribution is 0.303. The van der Waals surface area contributed by atoms with E-state index in [0.29, 0.717) is 12.5 Å². The van der Waals surface area contributed by atoms with Crippen molar-refractivity contribution in [2.75, 3.05) is 0 Å². The van der Waals surface area contributed by atoms with E-state index in [1.807, 2.05) is 36.8 Å². The van der Waals surface area contributed by atoms with E-state index in [0.717, 1.165) is 17.0 Å². The van der Waals surface area contributed by atoms with Crippen molar-refractivity contribution in [3.63, 3.8) is 0 Å². The first-order valence-electron chi connectivity index (χ1n) is 7.55. The van der Waals surface area contributed by atoms with Crippen molar-refractivity contribution in [1.29, 1.82) is 0 Å². The quantitative estimate of drug-likeness (QED) is 0.775. The number of nitrogens with zero attached hydrogens (tertiary/aromatic N) is 2. The maximum Gasteiger partial charge on any atom is 0.132 e. The van der Waals surface area contributed by atoms with Gasteiger partial charge in [0.15, 0.2) is 0 Å². The van der Waals surface area contributed by atoms with Crippen LogP contribution in [0, 0.1) is 0 Å². The highest BCUT2D eigenvalue weighted by molar-refractivity contribution is 5.73. The fourth-order valence-corrected chi connectivity index (χ4v) is 2.72. The number of pyridine rings is 1. The summed E-state index contributed by atoms with van der Waals surface area (Å²) in [7, 11) is 0. The lowest BCUT2D eigenvalue weighted by atomic mass is 9.98. The topological polar surface area (TPSA) is 50.8 Å². The third-order valence-corrected chi connectivity index (χ3v) is 3.98. The van der Waals surface area contributed by atoms with Gasteiger partial charge >= 0.3 is 0 Å². The van der Waals surface area contributed by atoms with E-state index in [2.05, 4.69) is 27.1 Å². The molecular formula is C18H17N3O. The molecule has 0 spiro atoms. The summed E-state index contributed by atoms with van der Waals surface area (Å²) in [5.74, 6) is 1.55. The van der Waals surface area contributed by atoms with E-state index >= 15 is 0 Å². The largest absolute Gasteiger partial charge is 0.487 e.